The standard InChI is InChI=1S/C11H21NO4/c1-4-16-11(13)6-5-10(7-9(2)3)8-12(14)15/h9-10H,4-8H2,1-3H3. The van der Waals surface area contributed by atoms with Crippen LogP contribution in [0.5, 0.6) is 0 Å². The summed E-state index contributed by atoms with van der Waals surface area (Å²) in [6.07, 6.45) is 1.59. The maximum Gasteiger partial charge on any atom is 0.305 e. The minimum absolute atomic E-state index is 0.0283. The molecule has 0 aromatic carbocycles. The SMILES string of the molecule is CCOC(=O)CCC(CC(C)C)C[N+](=O)[O-]. The molecule has 0 radical (unpaired) electrons. The summed E-state index contributed by atoms with van der Waals surface area (Å²) in [7, 11) is 0. The lowest BCUT2D eigenvalue weighted by Crippen LogP contribution is -2.18. The van der Waals surface area contributed by atoms with Crippen LogP contribution in [0.4, 0.5) is 0 Å². The Morgan fingerprint density at radius 1 is 1.44 bits per heavy atom. The van der Waals surface area contributed by atoms with Crippen LogP contribution in [0, 0.1) is 22.0 Å². The normalized spacial score (nSPS) is 12.5. The zero-order chi connectivity index (χ0) is 12.6. The summed E-state index contributed by atoms with van der Waals surface area (Å²) in [4.78, 5) is 21.3. The molecule has 5 nitrogen and oxygen atoms in total. The fourth-order valence-corrected chi connectivity index (χ4v) is 1.72. The molecule has 0 heterocycles. The topological polar surface area (TPSA) is 69.4 Å². The highest BCUT2D eigenvalue weighted by atomic mass is 16.6. The molecule has 0 aliphatic carbocycles. The van der Waals surface area contributed by atoms with Crippen molar-refractivity contribution in [2.24, 2.45) is 11.8 Å². The highest BCUT2D eigenvalue weighted by Gasteiger charge is 2.18. The van der Waals surface area contributed by atoms with Gasteiger partial charge in [-0.3, -0.25) is 14.9 Å². The number of carbonyl (C=O) groups is 1. The number of hydrogen-bond acceptors (Lipinski definition) is 4. The average molecular weight is 231 g/mol. The molecule has 0 fully saturated rings. The van der Waals surface area contributed by atoms with E-state index in [0.717, 1.165) is 6.42 Å². The van der Waals surface area contributed by atoms with E-state index in [9.17, 15) is 14.9 Å². The predicted octanol–water partition coefficient (Wildman–Crippen LogP) is 2.27. The van der Waals surface area contributed by atoms with Gasteiger partial charge in [0.15, 0.2) is 0 Å². The van der Waals surface area contributed by atoms with Crippen LogP contribution < -0.4 is 0 Å². The largest absolute Gasteiger partial charge is 0.466 e. The number of nitrogens with zero attached hydrogens (tertiary/aromatic N) is 1. The van der Waals surface area contributed by atoms with E-state index in [1.165, 1.54) is 0 Å². The molecule has 0 N–H and O–H groups in total. The third kappa shape index (κ3) is 8.20. The number of nitro groups is 1. The van der Waals surface area contributed by atoms with Crippen LogP contribution in [-0.2, 0) is 9.53 Å². The Kier molecular flexibility index (Phi) is 7.50. The van der Waals surface area contributed by atoms with Gasteiger partial charge < -0.3 is 4.74 Å². The van der Waals surface area contributed by atoms with E-state index in [2.05, 4.69) is 0 Å². The van der Waals surface area contributed by atoms with Crippen LogP contribution >= 0.6 is 0 Å². The van der Waals surface area contributed by atoms with Gasteiger partial charge in [-0.05, 0) is 25.7 Å². The fourth-order valence-electron chi connectivity index (χ4n) is 1.72. The molecule has 94 valence electrons. The van der Waals surface area contributed by atoms with Crippen molar-refractivity contribution in [3.8, 4) is 0 Å². The van der Waals surface area contributed by atoms with Gasteiger partial charge in [-0.25, -0.2) is 0 Å². The molecule has 0 bridgehead atoms. The van der Waals surface area contributed by atoms with E-state index < -0.39 is 0 Å². The van der Waals surface area contributed by atoms with E-state index in [-0.39, 0.29) is 29.8 Å². The van der Waals surface area contributed by atoms with Crippen molar-refractivity contribution in [1.82, 2.24) is 0 Å². The molecule has 5 heteroatoms. The van der Waals surface area contributed by atoms with Gasteiger partial charge in [0.1, 0.15) is 0 Å². The summed E-state index contributed by atoms with van der Waals surface area (Å²) in [5.74, 6) is 0.117. The lowest BCUT2D eigenvalue weighted by atomic mass is 9.93. The van der Waals surface area contributed by atoms with Gasteiger partial charge in [0.05, 0.1) is 6.61 Å². The monoisotopic (exact) mass is 231 g/mol. The van der Waals surface area contributed by atoms with E-state index in [4.69, 9.17) is 4.74 Å². The van der Waals surface area contributed by atoms with Crippen molar-refractivity contribution in [2.45, 2.75) is 40.0 Å². The summed E-state index contributed by atoms with van der Waals surface area (Å²) in [5, 5.41) is 10.5. The summed E-state index contributed by atoms with van der Waals surface area (Å²) < 4.78 is 4.79. The minimum atomic E-state index is -0.307. The van der Waals surface area contributed by atoms with Crippen LogP contribution in [0.2, 0.25) is 0 Å². The van der Waals surface area contributed by atoms with Crippen LogP contribution in [0.1, 0.15) is 40.0 Å². The average Bonchev–Trinajstić information content (AvgIpc) is 2.13. The first kappa shape index (κ1) is 14.9. The number of ether oxygens (including phenoxy) is 1. The zero-order valence-corrected chi connectivity index (χ0v) is 10.3. The van der Waals surface area contributed by atoms with E-state index >= 15 is 0 Å². The highest BCUT2D eigenvalue weighted by molar-refractivity contribution is 5.69. The molecule has 1 atom stereocenters. The quantitative estimate of drug-likeness (QED) is 0.365. The van der Waals surface area contributed by atoms with Gasteiger partial charge in [-0.2, -0.15) is 0 Å². The molecule has 16 heavy (non-hydrogen) atoms. The van der Waals surface area contributed by atoms with E-state index in [1.807, 2.05) is 13.8 Å². The van der Waals surface area contributed by atoms with Crippen molar-refractivity contribution in [1.29, 1.82) is 0 Å². The predicted molar refractivity (Wildman–Crippen MR) is 60.7 cm³/mol. The molecular weight excluding hydrogens is 210 g/mol. The molecule has 1 unspecified atom stereocenters. The summed E-state index contributed by atoms with van der Waals surface area (Å²) in [6.45, 7) is 6.11. The number of hydrogen-bond donors (Lipinski definition) is 0. The second-order valence-electron chi connectivity index (χ2n) is 4.35. The Bertz CT molecular complexity index is 228. The van der Waals surface area contributed by atoms with Gasteiger partial charge in [-0.15, -0.1) is 0 Å². The summed E-state index contributed by atoms with van der Waals surface area (Å²) in [5.41, 5.74) is 0. The molecule has 0 spiro atoms. The lowest BCUT2D eigenvalue weighted by Gasteiger charge is -2.14. The smallest absolute Gasteiger partial charge is 0.305 e. The van der Waals surface area contributed by atoms with E-state index in [0.29, 0.717) is 18.9 Å². The Morgan fingerprint density at radius 3 is 2.50 bits per heavy atom. The van der Waals surface area contributed by atoms with Crippen LogP contribution in [0.15, 0.2) is 0 Å². The fraction of sp³-hybridized carbons (Fsp3) is 0.909. The second-order valence-corrected chi connectivity index (χ2v) is 4.35. The van der Waals surface area contributed by atoms with Gasteiger partial charge >= 0.3 is 5.97 Å². The molecule has 0 rings (SSSR count). The molecule has 0 aliphatic heterocycles. The van der Waals surface area contributed by atoms with Gasteiger partial charge in [0.2, 0.25) is 6.54 Å². The van der Waals surface area contributed by atoms with Crippen molar-refractivity contribution >= 4 is 5.97 Å². The minimum Gasteiger partial charge on any atom is -0.466 e. The molecular formula is C11H21NO4. The van der Waals surface area contributed by atoms with Gasteiger partial charge in [-0.1, -0.05) is 13.8 Å². The van der Waals surface area contributed by atoms with Crippen molar-refractivity contribution in [3.05, 3.63) is 10.1 Å². The third-order valence-electron chi connectivity index (χ3n) is 2.27. The highest BCUT2D eigenvalue weighted by Crippen LogP contribution is 2.17. The van der Waals surface area contributed by atoms with Crippen LogP contribution in [-0.4, -0.2) is 24.0 Å². The number of rotatable bonds is 8. The summed E-state index contributed by atoms with van der Waals surface area (Å²) >= 11 is 0. The van der Waals surface area contributed by atoms with Gasteiger partial charge in [0.25, 0.3) is 0 Å². The first-order valence-electron chi connectivity index (χ1n) is 5.73. The maximum absolute atomic E-state index is 11.1. The van der Waals surface area contributed by atoms with E-state index in [1.54, 1.807) is 6.92 Å². The van der Waals surface area contributed by atoms with Crippen molar-refractivity contribution < 1.29 is 14.5 Å². The first-order valence-corrected chi connectivity index (χ1v) is 5.73. The molecule has 0 aromatic heterocycles. The Balaban J connectivity index is 4.00. The zero-order valence-electron chi connectivity index (χ0n) is 10.3. The summed E-state index contributed by atoms with van der Waals surface area (Å²) in [6, 6.07) is 0. The number of esters is 1. The lowest BCUT2D eigenvalue weighted by molar-refractivity contribution is -0.488. The number of carbonyl (C=O) groups excluding carboxylic acids is 1. The van der Waals surface area contributed by atoms with Gasteiger partial charge in [0, 0.05) is 17.3 Å². The first-order chi connectivity index (χ1) is 7.45. The third-order valence-corrected chi connectivity index (χ3v) is 2.27. The second kappa shape index (κ2) is 8.07. The molecule has 0 saturated heterocycles. The Labute approximate surface area is 96.3 Å². The Morgan fingerprint density at radius 2 is 2.06 bits per heavy atom. The van der Waals surface area contributed by atoms with Crippen molar-refractivity contribution in [3.63, 3.8) is 0 Å². The van der Waals surface area contributed by atoms with Crippen LogP contribution in [0.3, 0.4) is 0 Å². The molecule has 0 amide bonds. The van der Waals surface area contributed by atoms with Crippen LogP contribution in [0.25, 0.3) is 0 Å². The maximum atomic E-state index is 11.1. The molecule has 0 aliphatic rings. The molecule has 0 aromatic rings. The molecule has 0 saturated carbocycles. The van der Waals surface area contributed by atoms with Crippen molar-refractivity contribution in [2.75, 3.05) is 13.2 Å². The Hall–Kier alpha value is -1.13.